The molecule has 3 heteroatoms. The molecule has 0 aromatic carbocycles. The van der Waals surface area contributed by atoms with Crippen molar-refractivity contribution in [1.82, 2.24) is 0 Å². The number of halogens is 1. The maximum Gasteiger partial charge on any atom is 0.333 e. The molecule has 0 spiro atoms. The van der Waals surface area contributed by atoms with E-state index in [9.17, 15) is 4.79 Å². The summed E-state index contributed by atoms with van der Waals surface area (Å²) in [6.07, 6.45) is 3.53. The number of hydrogen-bond donors (Lipinski definition) is 0. The van der Waals surface area contributed by atoms with Crippen LogP contribution in [0.2, 0.25) is 0 Å². The lowest BCUT2D eigenvalue weighted by Gasteiger charge is -2.04. The molecule has 70 valence electrons. The fourth-order valence-corrected chi connectivity index (χ4v) is 1.29. The van der Waals surface area contributed by atoms with Crippen molar-refractivity contribution in [3.63, 3.8) is 0 Å². The van der Waals surface area contributed by atoms with Crippen molar-refractivity contribution >= 4 is 21.9 Å². The van der Waals surface area contributed by atoms with Gasteiger partial charge in [0, 0.05) is 10.9 Å². The van der Waals surface area contributed by atoms with Gasteiger partial charge in [-0.2, -0.15) is 0 Å². The molecule has 0 radical (unpaired) electrons. The number of allylic oxidation sites excluding steroid dienone is 1. The number of carbonyl (C=O) groups excluding carboxylic acids is 1. The summed E-state index contributed by atoms with van der Waals surface area (Å²) in [6, 6.07) is 0. The van der Waals surface area contributed by atoms with Gasteiger partial charge in [-0.05, 0) is 19.8 Å². The Bertz CT molecular complexity index is 164. The third-order valence-corrected chi connectivity index (χ3v) is 1.75. The molecule has 0 saturated heterocycles. The molecule has 12 heavy (non-hydrogen) atoms. The molecular formula is C9H15BrO2. The summed E-state index contributed by atoms with van der Waals surface area (Å²) in [4.78, 5) is 11.2. The van der Waals surface area contributed by atoms with Crippen LogP contribution in [0.15, 0.2) is 11.6 Å². The second-order valence-electron chi connectivity index (χ2n) is 2.30. The summed E-state index contributed by atoms with van der Waals surface area (Å²) < 4.78 is 4.88. The van der Waals surface area contributed by atoms with Crippen LogP contribution in [-0.4, -0.2) is 17.9 Å². The molecule has 0 aliphatic rings. The Kier molecular flexibility index (Phi) is 7.16. The van der Waals surface area contributed by atoms with Crippen molar-refractivity contribution in [2.75, 3.05) is 11.9 Å². The second kappa shape index (κ2) is 7.35. The van der Waals surface area contributed by atoms with Crippen LogP contribution in [0, 0.1) is 0 Å². The maximum atomic E-state index is 11.2. The number of hydrogen-bond acceptors (Lipinski definition) is 2. The van der Waals surface area contributed by atoms with Crippen LogP contribution >= 0.6 is 15.9 Å². The molecule has 0 aliphatic carbocycles. The quantitative estimate of drug-likeness (QED) is 0.416. The number of alkyl halides is 1. The molecule has 0 unspecified atom stereocenters. The predicted octanol–water partition coefficient (Wildman–Crippen LogP) is 2.67. The molecular weight excluding hydrogens is 220 g/mol. The third kappa shape index (κ3) is 4.54. The van der Waals surface area contributed by atoms with Crippen LogP contribution < -0.4 is 0 Å². The summed E-state index contributed by atoms with van der Waals surface area (Å²) >= 11 is 3.29. The Balaban J connectivity index is 4.09. The second-order valence-corrected chi connectivity index (χ2v) is 3.09. The van der Waals surface area contributed by atoms with Crippen molar-refractivity contribution in [1.29, 1.82) is 0 Å². The first-order chi connectivity index (χ1) is 5.76. The molecule has 0 aliphatic heterocycles. The van der Waals surface area contributed by atoms with Crippen LogP contribution in [0.25, 0.3) is 0 Å². The predicted molar refractivity (Wildman–Crippen MR) is 53.4 cm³/mol. The number of rotatable bonds is 5. The highest BCUT2D eigenvalue weighted by Gasteiger charge is 2.07. The Morgan fingerprint density at radius 3 is 2.58 bits per heavy atom. The van der Waals surface area contributed by atoms with Gasteiger partial charge in [-0.15, -0.1) is 0 Å². The summed E-state index contributed by atoms with van der Waals surface area (Å²) in [5.41, 5.74) is 0.774. The Labute approximate surface area is 82.1 Å². The van der Waals surface area contributed by atoms with E-state index in [4.69, 9.17) is 4.74 Å². The smallest absolute Gasteiger partial charge is 0.333 e. The van der Waals surface area contributed by atoms with E-state index in [0.717, 1.165) is 23.7 Å². The van der Waals surface area contributed by atoms with Gasteiger partial charge in [0.2, 0.25) is 0 Å². The van der Waals surface area contributed by atoms with E-state index < -0.39 is 0 Å². The molecule has 0 atom stereocenters. The van der Waals surface area contributed by atoms with E-state index in [-0.39, 0.29) is 5.97 Å². The van der Waals surface area contributed by atoms with Gasteiger partial charge < -0.3 is 4.74 Å². The van der Waals surface area contributed by atoms with Gasteiger partial charge in [-0.25, -0.2) is 4.79 Å². The van der Waals surface area contributed by atoms with E-state index in [1.165, 1.54) is 0 Å². The monoisotopic (exact) mass is 234 g/mol. The van der Waals surface area contributed by atoms with E-state index >= 15 is 0 Å². The van der Waals surface area contributed by atoms with Crippen molar-refractivity contribution in [3.05, 3.63) is 11.6 Å². The fraction of sp³-hybridized carbons (Fsp3) is 0.667. The van der Waals surface area contributed by atoms with Gasteiger partial charge in [0.15, 0.2) is 0 Å². The first-order valence-corrected chi connectivity index (χ1v) is 5.30. The van der Waals surface area contributed by atoms with Crippen molar-refractivity contribution in [2.24, 2.45) is 0 Å². The van der Waals surface area contributed by atoms with E-state index in [1.807, 2.05) is 19.9 Å². The zero-order valence-corrected chi connectivity index (χ0v) is 9.19. The lowest BCUT2D eigenvalue weighted by atomic mass is 10.2. The SMILES string of the molecule is CC/C=C(/CCBr)C(=O)OCC. The average molecular weight is 235 g/mol. The molecule has 0 N–H and O–H groups in total. The van der Waals surface area contributed by atoms with Gasteiger partial charge in [-0.1, -0.05) is 28.9 Å². The summed E-state index contributed by atoms with van der Waals surface area (Å²) in [7, 11) is 0. The molecule has 2 nitrogen and oxygen atoms in total. The lowest BCUT2D eigenvalue weighted by Crippen LogP contribution is -2.08. The normalized spacial score (nSPS) is 11.4. The zero-order chi connectivity index (χ0) is 9.40. The average Bonchev–Trinajstić information content (AvgIpc) is 2.04. The van der Waals surface area contributed by atoms with Gasteiger partial charge >= 0.3 is 5.97 Å². The number of carbonyl (C=O) groups is 1. The molecule has 0 aromatic rings. The Hall–Kier alpha value is -0.310. The Morgan fingerprint density at radius 1 is 1.50 bits per heavy atom. The number of esters is 1. The number of ether oxygens (including phenoxy) is 1. The van der Waals surface area contributed by atoms with Crippen LogP contribution in [-0.2, 0) is 9.53 Å². The van der Waals surface area contributed by atoms with Gasteiger partial charge in [0.05, 0.1) is 6.61 Å². The summed E-state index contributed by atoms with van der Waals surface area (Å²) in [6.45, 7) is 4.27. The van der Waals surface area contributed by atoms with Crippen molar-refractivity contribution < 1.29 is 9.53 Å². The summed E-state index contributed by atoms with van der Waals surface area (Å²) in [5.74, 6) is -0.182. The highest BCUT2D eigenvalue weighted by Crippen LogP contribution is 2.07. The van der Waals surface area contributed by atoms with E-state index in [2.05, 4.69) is 15.9 Å². The van der Waals surface area contributed by atoms with E-state index in [0.29, 0.717) is 6.61 Å². The summed E-state index contributed by atoms with van der Waals surface area (Å²) in [5, 5.41) is 0.803. The molecule has 0 bridgehead atoms. The first-order valence-electron chi connectivity index (χ1n) is 4.18. The molecule has 0 saturated carbocycles. The van der Waals surface area contributed by atoms with Crippen molar-refractivity contribution in [3.8, 4) is 0 Å². The maximum absolute atomic E-state index is 11.2. The van der Waals surface area contributed by atoms with Gasteiger partial charge in [-0.3, -0.25) is 0 Å². The largest absolute Gasteiger partial charge is 0.463 e. The van der Waals surface area contributed by atoms with E-state index in [1.54, 1.807) is 0 Å². The van der Waals surface area contributed by atoms with Crippen LogP contribution in [0.4, 0.5) is 0 Å². The molecule has 0 heterocycles. The molecule has 0 fully saturated rings. The highest BCUT2D eigenvalue weighted by molar-refractivity contribution is 9.09. The minimum atomic E-state index is -0.182. The third-order valence-electron chi connectivity index (χ3n) is 1.35. The van der Waals surface area contributed by atoms with Crippen LogP contribution in [0.5, 0.6) is 0 Å². The van der Waals surface area contributed by atoms with Gasteiger partial charge in [0.25, 0.3) is 0 Å². The van der Waals surface area contributed by atoms with Crippen molar-refractivity contribution in [2.45, 2.75) is 26.7 Å². The fourth-order valence-electron chi connectivity index (χ4n) is 0.859. The molecule has 0 amide bonds. The highest BCUT2D eigenvalue weighted by atomic mass is 79.9. The van der Waals surface area contributed by atoms with Crippen LogP contribution in [0.1, 0.15) is 26.7 Å². The molecule has 0 rings (SSSR count). The van der Waals surface area contributed by atoms with Crippen LogP contribution in [0.3, 0.4) is 0 Å². The molecule has 0 aromatic heterocycles. The minimum Gasteiger partial charge on any atom is -0.463 e. The lowest BCUT2D eigenvalue weighted by molar-refractivity contribution is -0.138. The standard InChI is InChI=1S/C9H15BrO2/c1-3-5-8(6-7-10)9(11)12-4-2/h5H,3-4,6-7H2,1-2H3/b8-5-. The topological polar surface area (TPSA) is 26.3 Å². The first kappa shape index (κ1) is 11.7. The Morgan fingerprint density at radius 2 is 2.17 bits per heavy atom. The minimum absolute atomic E-state index is 0.182. The zero-order valence-electron chi connectivity index (χ0n) is 7.60. The van der Waals surface area contributed by atoms with Gasteiger partial charge in [0.1, 0.15) is 0 Å².